The first-order valence-electron chi connectivity index (χ1n) is 10.3. The Morgan fingerprint density at radius 3 is 1.24 bits per heavy atom. The molecule has 2 atom stereocenters. The van der Waals surface area contributed by atoms with Crippen LogP contribution >= 0.6 is 0 Å². The quantitative estimate of drug-likeness (QED) is 0.101. The second-order valence-corrected chi connectivity index (χ2v) is 6.65. The van der Waals surface area contributed by atoms with Gasteiger partial charge >= 0.3 is 23.9 Å². The van der Waals surface area contributed by atoms with E-state index in [4.69, 9.17) is 18.9 Å². The highest BCUT2D eigenvalue weighted by Crippen LogP contribution is 1.97. The Morgan fingerprint density at radius 1 is 0.588 bits per heavy atom. The SMILES string of the molecule is C=CC(=O)OCCC(=O)OCC(O)COCC(O)COCC(O)COC(=O)CCOC(=O)C=C. The molecule has 0 aliphatic rings. The van der Waals surface area contributed by atoms with Gasteiger partial charge in [-0.15, -0.1) is 0 Å². The maximum Gasteiger partial charge on any atom is 0.330 e. The number of rotatable bonds is 20. The average Bonchev–Trinajstić information content (AvgIpc) is 2.81. The van der Waals surface area contributed by atoms with Crippen molar-refractivity contribution in [2.45, 2.75) is 31.2 Å². The molecule has 0 aliphatic heterocycles. The van der Waals surface area contributed by atoms with Gasteiger partial charge in [-0.05, 0) is 0 Å². The summed E-state index contributed by atoms with van der Waals surface area (Å²) in [5.74, 6) is -2.68. The molecule has 194 valence electrons. The highest BCUT2D eigenvalue weighted by atomic mass is 16.6. The number of ether oxygens (including phenoxy) is 6. The van der Waals surface area contributed by atoms with Crippen LogP contribution in [-0.2, 0) is 47.6 Å². The van der Waals surface area contributed by atoms with Gasteiger partial charge in [-0.3, -0.25) is 9.59 Å². The Hall–Kier alpha value is -2.84. The molecule has 0 fully saturated rings. The molecule has 0 bridgehead atoms. The number of hydrogen-bond donors (Lipinski definition) is 3. The van der Waals surface area contributed by atoms with Gasteiger partial charge < -0.3 is 43.7 Å². The van der Waals surface area contributed by atoms with Crippen LogP contribution < -0.4 is 0 Å². The van der Waals surface area contributed by atoms with Crippen LogP contribution in [0.5, 0.6) is 0 Å². The number of carbonyl (C=O) groups is 4. The van der Waals surface area contributed by atoms with Gasteiger partial charge in [0.05, 0.1) is 39.3 Å². The summed E-state index contributed by atoms with van der Waals surface area (Å²) in [6.07, 6.45) is -1.78. The van der Waals surface area contributed by atoms with E-state index in [-0.39, 0.29) is 65.7 Å². The molecule has 13 heteroatoms. The standard InChI is InChI=1S/C21H32O13/c1-3-18(25)31-7-5-20(27)33-13-16(23)11-29-9-15(22)10-30-12-17(24)14-34-21(28)6-8-32-19(26)4-2/h3-4,15-17,22-24H,1-2,5-14H2. The highest BCUT2D eigenvalue weighted by Gasteiger charge is 2.14. The van der Waals surface area contributed by atoms with Crippen molar-refractivity contribution in [3.8, 4) is 0 Å². The molecule has 13 nitrogen and oxygen atoms in total. The summed E-state index contributed by atoms with van der Waals surface area (Å²) < 4.78 is 29.0. The minimum Gasteiger partial charge on any atom is -0.463 e. The number of hydrogen-bond acceptors (Lipinski definition) is 13. The maximum absolute atomic E-state index is 11.4. The lowest BCUT2D eigenvalue weighted by Crippen LogP contribution is -2.30. The molecule has 0 aromatic carbocycles. The lowest BCUT2D eigenvalue weighted by atomic mass is 10.3. The van der Waals surface area contributed by atoms with Crippen molar-refractivity contribution in [2.75, 3.05) is 52.9 Å². The molecule has 2 unspecified atom stereocenters. The smallest absolute Gasteiger partial charge is 0.330 e. The van der Waals surface area contributed by atoms with E-state index in [1.54, 1.807) is 0 Å². The van der Waals surface area contributed by atoms with E-state index in [0.29, 0.717) is 0 Å². The zero-order chi connectivity index (χ0) is 25.8. The zero-order valence-electron chi connectivity index (χ0n) is 18.8. The Bertz CT molecular complexity index is 595. The molecule has 0 aromatic rings. The molecule has 3 N–H and O–H groups in total. The minimum atomic E-state index is -1.13. The molecule has 0 aromatic heterocycles. The third-order valence-corrected chi connectivity index (χ3v) is 3.55. The Labute approximate surface area is 196 Å². The molecule has 34 heavy (non-hydrogen) atoms. The van der Waals surface area contributed by atoms with Crippen LogP contribution in [0.4, 0.5) is 0 Å². The number of esters is 4. The second kappa shape index (κ2) is 19.6. The Morgan fingerprint density at radius 2 is 0.912 bits per heavy atom. The van der Waals surface area contributed by atoms with Crippen LogP contribution in [-0.4, -0.2) is 110 Å². The monoisotopic (exact) mass is 492 g/mol. The first kappa shape index (κ1) is 31.2. The molecule has 0 saturated heterocycles. The lowest BCUT2D eigenvalue weighted by molar-refractivity contribution is -0.151. The molecule has 0 aliphatic carbocycles. The van der Waals surface area contributed by atoms with E-state index in [0.717, 1.165) is 12.2 Å². The van der Waals surface area contributed by atoms with Crippen molar-refractivity contribution in [1.82, 2.24) is 0 Å². The van der Waals surface area contributed by atoms with Gasteiger partial charge in [0.1, 0.15) is 44.7 Å². The predicted octanol–water partition coefficient (Wildman–Crippen LogP) is -1.57. The average molecular weight is 492 g/mol. The maximum atomic E-state index is 11.4. The van der Waals surface area contributed by atoms with Crippen molar-refractivity contribution in [2.24, 2.45) is 0 Å². The van der Waals surface area contributed by atoms with Gasteiger partial charge in [0.15, 0.2) is 0 Å². The first-order chi connectivity index (χ1) is 16.2. The van der Waals surface area contributed by atoms with Crippen molar-refractivity contribution in [1.29, 1.82) is 0 Å². The number of aliphatic hydroxyl groups is 3. The summed E-state index contributed by atoms with van der Waals surface area (Å²) in [6.45, 7) is 4.53. The van der Waals surface area contributed by atoms with Crippen molar-refractivity contribution < 1.29 is 62.9 Å². The Kier molecular flexibility index (Phi) is 18.0. The van der Waals surface area contributed by atoms with Crippen molar-refractivity contribution in [3.63, 3.8) is 0 Å². The van der Waals surface area contributed by atoms with Crippen LogP contribution in [0, 0.1) is 0 Å². The fraction of sp³-hybridized carbons (Fsp3) is 0.619. The van der Waals surface area contributed by atoms with Gasteiger partial charge in [0.2, 0.25) is 0 Å². The summed E-state index contributed by atoms with van der Waals surface area (Å²) in [5, 5.41) is 29.1. The van der Waals surface area contributed by atoms with Gasteiger partial charge in [-0.2, -0.15) is 0 Å². The fourth-order valence-electron chi connectivity index (χ4n) is 1.93. The van der Waals surface area contributed by atoms with Crippen molar-refractivity contribution in [3.05, 3.63) is 25.3 Å². The van der Waals surface area contributed by atoms with Crippen molar-refractivity contribution >= 4 is 23.9 Å². The summed E-state index contributed by atoms with van der Waals surface area (Å²) in [4.78, 5) is 44.5. The number of carbonyl (C=O) groups excluding carboxylic acids is 4. The third kappa shape index (κ3) is 18.7. The Balaban J connectivity index is 3.73. The van der Waals surface area contributed by atoms with E-state index in [9.17, 15) is 34.5 Å². The largest absolute Gasteiger partial charge is 0.463 e. The van der Waals surface area contributed by atoms with E-state index in [1.165, 1.54) is 0 Å². The van der Waals surface area contributed by atoms with Gasteiger partial charge in [0, 0.05) is 12.2 Å². The number of aliphatic hydroxyl groups excluding tert-OH is 3. The van der Waals surface area contributed by atoms with Gasteiger partial charge in [-0.25, -0.2) is 9.59 Å². The predicted molar refractivity (Wildman–Crippen MR) is 113 cm³/mol. The van der Waals surface area contributed by atoms with Crippen LogP contribution in [0.15, 0.2) is 25.3 Å². The van der Waals surface area contributed by atoms with Gasteiger partial charge in [0.25, 0.3) is 0 Å². The molecule has 0 saturated carbocycles. The van der Waals surface area contributed by atoms with Gasteiger partial charge in [-0.1, -0.05) is 13.2 Å². The van der Waals surface area contributed by atoms with E-state index >= 15 is 0 Å². The van der Waals surface area contributed by atoms with E-state index in [2.05, 4.69) is 22.6 Å². The van der Waals surface area contributed by atoms with Crippen LogP contribution in [0.3, 0.4) is 0 Å². The van der Waals surface area contributed by atoms with Crippen LogP contribution in [0.1, 0.15) is 12.8 Å². The topological polar surface area (TPSA) is 184 Å². The summed E-state index contributed by atoms with van der Waals surface area (Å²) in [5.41, 5.74) is 0. The van der Waals surface area contributed by atoms with Crippen LogP contribution in [0.2, 0.25) is 0 Å². The molecule has 0 heterocycles. The summed E-state index contributed by atoms with van der Waals surface area (Å²) in [7, 11) is 0. The summed E-state index contributed by atoms with van der Waals surface area (Å²) >= 11 is 0. The molecule has 0 amide bonds. The normalized spacial score (nSPS) is 13.1. The fourth-order valence-corrected chi connectivity index (χ4v) is 1.93. The molecular formula is C21H32O13. The third-order valence-electron chi connectivity index (χ3n) is 3.55. The highest BCUT2D eigenvalue weighted by molar-refractivity contribution is 5.81. The second-order valence-electron chi connectivity index (χ2n) is 6.65. The minimum absolute atomic E-state index is 0.174. The van der Waals surface area contributed by atoms with E-state index in [1.807, 2.05) is 0 Å². The zero-order valence-corrected chi connectivity index (χ0v) is 18.8. The molecule has 0 radical (unpaired) electrons. The first-order valence-corrected chi connectivity index (χ1v) is 10.3. The molecule has 0 rings (SSSR count). The summed E-state index contributed by atoms with van der Waals surface area (Å²) in [6, 6.07) is 0. The molecule has 0 spiro atoms. The van der Waals surface area contributed by atoms with E-state index < -0.39 is 42.2 Å². The lowest BCUT2D eigenvalue weighted by Gasteiger charge is -2.16. The molecular weight excluding hydrogens is 460 g/mol. The van der Waals surface area contributed by atoms with Crippen LogP contribution in [0.25, 0.3) is 0 Å².